The molecular weight excluding hydrogens is 244 g/mol. The Morgan fingerprint density at radius 1 is 1.44 bits per heavy atom. The molecule has 0 aliphatic rings. The van der Waals surface area contributed by atoms with Crippen molar-refractivity contribution in [2.45, 2.75) is 10.2 Å². The Labute approximate surface area is 92.2 Å². The minimum atomic E-state index is -4.09. The first-order valence-corrected chi connectivity index (χ1v) is 4.70. The number of alkyl halides is 2. The van der Waals surface area contributed by atoms with Crippen LogP contribution in [0.1, 0.15) is 0 Å². The molecule has 1 rings (SSSR count). The van der Waals surface area contributed by atoms with Gasteiger partial charge in [-0.05, 0) is 17.8 Å². The molecule has 8 heteroatoms. The van der Waals surface area contributed by atoms with Gasteiger partial charge in [0.05, 0.1) is 9.82 Å². The van der Waals surface area contributed by atoms with Gasteiger partial charge in [-0.15, -0.1) is 0 Å². The lowest BCUT2D eigenvalue weighted by atomic mass is 10.3. The molecule has 0 amide bonds. The molecule has 1 aromatic carbocycles. The third-order valence-corrected chi connectivity index (χ3v) is 2.55. The van der Waals surface area contributed by atoms with Gasteiger partial charge in [0.1, 0.15) is 0 Å². The molecule has 0 saturated carbocycles. The highest BCUT2D eigenvalue weighted by atomic mass is 32.2. The Morgan fingerprint density at radius 3 is 2.50 bits per heavy atom. The number of carboxylic acid groups (broad SMARTS) is 1. The number of nitrogens with zero attached hydrogens (tertiary/aromatic N) is 1. The van der Waals surface area contributed by atoms with Crippen LogP contribution in [-0.4, -0.2) is 21.3 Å². The maximum atomic E-state index is 12.8. The van der Waals surface area contributed by atoms with Crippen molar-refractivity contribution < 1.29 is 23.6 Å². The van der Waals surface area contributed by atoms with Crippen molar-refractivity contribution in [3.8, 4) is 0 Å². The third-order valence-electron chi connectivity index (χ3n) is 1.55. The molecule has 0 aliphatic carbocycles. The van der Waals surface area contributed by atoms with E-state index in [0.717, 1.165) is 12.1 Å². The fraction of sp³-hybridized carbons (Fsp3) is 0.125. The number of carboxylic acids is 1. The monoisotopic (exact) mass is 249 g/mol. The molecule has 0 aromatic heterocycles. The number of nitro benzene ring substituents is 1. The van der Waals surface area contributed by atoms with Crippen LogP contribution in [-0.2, 0) is 4.79 Å². The van der Waals surface area contributed by atoms with Crippen molar-refractivity contribution in [3.63, 3.8) is 0 Å². The summed E-state index contributed by atoms with van der Waals surface area (Å²) in [5.74, 6) is -2.34. The Hall–Kier alpha value is -1.70. The van der Waals surface area contributed by atoms with E-state index in [-0.39, 0.29) is 16.7 Å². The zero-order valence-electron chi connectivity index (χ0n) is 7.59. The number of hydrogen-bond acceptors (Lipinski definition) is 4. The third kappa shape index (κ3) is 2.66. The van der Waals surface area contributed by atoms with Gasteiger partial charge in [-0.25, -0.2) is 4.79 Å². The number of halogens is 2. The van der Waals surface area contributed by atoms with E-state index in [9.17, 15) is 23.7 Å². The molecule has 5 nitrogen and oxygen atoms in total. The van der Waals surface area contributed by atoms with Gasteiger partial charge in [0, 0.05) is 6.07 Å². The Kier molecular flexibility index (Phi) is 3.43. The average Bonchev–Trinajstić information content (AvgIpc) is 2.17. The van der Waals surface area contributed by atoms with E-state index < -0.39 is 21.8 Å². The molecule has 0 heterocycles. The number of aliphatic carboxylic acids is 1. The second-order valence-corrected chi connectivity index (χ2v) is 3.81. The van der Waals surface area contributed by atoms with E-state index in [2.05, 4.69) is 0 Å². The Balaban J connectivity index is 3.06. The number of hydrogen-bond donors (Lipinski definition) is 1. The van der Waals surface area contributed by atoms with E-state index in [1.165, 1.54) is 12.1 Å². The van der Waals surface area contributed by atoms with Crippen LogP contribution in [0.15, 0.2) is 29.2 Å². The van der Waals surface area contributed by atoms with Crippen LogP contribution >= 0.6 is 11.8 Å². The van der Waals surface area contributed by atoms with Crippen LogP contribution in [0, 0.1) is 10.1 Å². The van der Waals surface area contributed by atoms with Crippen LogP contribution in [0.2, 0.25) is 0 Å². The molecule has 0 spiro atoms. The van der Waals surface area contributed by atoms with Gasteiger partial charge in [-0.1, -0.05) is 12.1 Å². The highest BCUT2D eigenvalue weighted by molar-refractivity contribution is 8.01. The molecule has 0 fully saturated rings. The molecule has 0 unspecified atom stereocenters. The second kappa shape index (κ2) is 4.44. The summed E-state index contributed by atoms with van der Waals surface area (Å²) in [7, 11) is 0. The van der Waals surface area contributed by atoms with Gasteiger partial charge in [-0.3, -0.25) is 10.1 Å². The predicted molar refractivity (Wildman–Crippen MR) is 51.5 cm³/mol. The van der Waals surface area contributed by atoms with E-state index >= 15 is 0 Å². The lowest BCUT2D eigenvalue weighted by molar-refractivity contribution is -0.387. The van der Waals surface area contributed by atoms with Crippen molar-refractivity contribution in [2.24, 2.45) is 0 Å². The van der Waals surface area contributed by atoms with E-state index in [1.807, 2.05) is 0 Å². The van der Waals surface area contributed by atoms with Crippen LogP contribution < -0.4 is 0 Å². The summed E-state index contributed by atoms with van der Waals surface area (Å²) in [4.78, 5) is 19.4. The molecule has 16 heavy (non-hydrogen) atoms. The number of benzene rings is 1. The lowest BCUT2D eigenvalue weighted by Crippen LogP contribution is -2.23. The SMILES string of the molecule is O=C(O)C(F)(F)Sc1ccccc1[N+](=O)[O-]. The maximum Gasteiger partial charge on any atom is 0.393 e. The first-order chi connectivity index (χ1) is 7.34. The van der Waals surface area contributed by atoms with Crippen LogP contribution in [0.4, 0.5) is 14.5 Å². The van der Waals surface area contributed by atoms with Gasteiger partial charge >= 0.3 is 11.2 Å². The van der Waals surface area contributed by atoms with Crippen LogP contribution in [0.5, 0.6) is 0 Å². The highest BCUT2D eigenvalue weighted by Gasteiger charge is 2.41. The first-order valence-electron chi connectivity index (χ1n) is 3.88. The number of nitro groups is 1. The fourth-order valence-corrected chi connectivity index (χ4v) is 1.63. The van der Waals surface area contributed by atoms with Crippen molar-refractivity contribution in [3.05, 3.63) is 34.4 Å². The fourth-order valence-electron chi connectivity index (χ4n) is 0.876. The minimum absolute atomic E-state index is 0.366. The smallest absolute Gasteiger partial charge is 0.393 e. The van der Waals surface area contributed by atoms with Gasteiger partial charge in [0.2, 0.25) is 0 Å². The molecule has 1 aromatic rings. The second-order valence-electron chi connectivity index (χ2n) is 2.65. The summed E-state index contributed by atoms with van der Waals surface area (Å²) in [6.45, 7) is 0. The zero-order valence-corrected chi connectivity index (χ0v) is 8.41. The minimum Gasteiger partial charge on any atom is -0.476 e. The zero-order chi connectivity index (χ0) is 12.3. The van der Waals surface area contributed by atoms with Gasteiger partial charge in [-0.2, -0.15) is 8.78 Å². The summed E-state index contributed by atoms with van der Waals surface area (Å²) >= 11 is -0.366. The Morgan fingerprint density at radius 2 is 2.00 bits per heavy atom. The first kappa shape index (κ1) is 12.4. The summed E-state index contributed by atoms with van der Waals surface area (Å²) in [6.07, 6.45) is 0. The summed E-state index contributed by atoms with van der Waals surface area (Å²) in [6, 6.07) is 4.72. The van der Waals surface area contributed by atoms with Gasteiger partial charge in [0.15, 0.2) is 0 Å². The lowest BCUT2D eigenvalue weighted by Gasteiger charge is -2.09. The molecule has 86 valence electrons. The number of rotatable bonds is 4. The molecule has 0 bridgehead atoms. The Bertz CT molecular complexity index is 438. The summed E-state index contributed by atoms with van der Waals surface area (Å²) in [5.41, 5.74) is -0.548. The van der Waals surface area contributed by atoms with E-state index in [4.69, 9.17) is 5.11 Å². The van der Waals surface area contributed by atoms with Crippen LogP contribution in [0.3, 0.4) is 0 Å². The molecule has 0 aliphatic heterocycles. The number of para-hydroxylation sites is 1. The summed E-state index contributed by atoms with van der Waals surface area (Å²) in [5, 5.41) is 14.6. The quantitative estimate of drug-likeness (QED) is 0.503. The van der Waals surface area contributed by atoms with E-state index in [1.54, 1.807) is 0 Å². The molecule has 0 radical (unpaired) electrons. The predicted octanol–water partition coefficient (Wildman–Crippen LogP) is 2.36. The average molecular weight is 249 g/mol. The molecular formula is C8H5F2NO4S. The van der Waals surface area contributed by atoms with Crippen molar-refractivity contribution in [1.82, 2.24) is 0 Å². The van der Waals surface area contributed by atoms with Crippen LogP contribution in [0.25, 0.3) is 0 Å². The molecule has 0 saturated heterocycles. The molecule has 1 N–H and O–H groups in total. The maximum absolute atomic E-state index is 12.8. The topological polar surface area (TPSA) is 80.4 Å². The van der Waals surface area contributed by atoms with Crippen molar-refractivity contribution in [1.29, 1.82) is 0 Å². The largest absolute Gasteiger partial charge is 0.476 e. The van der Waals surface area contributed by atoms with Gasteiger partial charge in [0.25, 0.3) is 5.69 Å². The normalized spacial score (nSPS) is 11.1. The van der Waals surface area contributed by atoms with Gasteiger partial charge < -0.3 is 5.11 Å². The number of carbonyl (C=O) groups is 1. The standard InChI is InChI=1S/C8H5F2NO4S/c9-8(10,7(12)13)16-6-4-2-1-3-5(6)11(14)15/h1-4H,(H,12,13). The summed E-state index contributed by atoms with van der Waals surface area (Å²) < 4.78 is 25.6. The van der Waals surface area contributed by atoms with Crippen molar-refractivity contribution >= 4 is 23.4 Å². The highest BCUT2D eigenvalue weighted by Crippen LogP contribution is 2.40. The number of thioether (sulfide) groups is 1. The van der Waals surface area contributed by atoms with Crippen molar-refractivity contribution in [2.75, 3.05) is 0 Å². The molecule has 0 atom stereocenters. The van der Waals surface area contributed by atoms with E-state index in [0.29, 0.717) is 0 Å².